The van der Waals surface area contributed by atoms with Crippen LogP contribution < -0.4 is 24.8 Å². The van der Waals surface area contributed by atoms with Gasteiger partial charge in [-0.1, -0.05) is 12.1 Å². The van der Waals surface area contributed by atoms with Gasteiger partial charge in [-0.05, 0) is 54.4 Å². The van der Waals surface area contributed by atoms with E-state index < -0.39 is 34.4 Å². The monoisotopic (exact) mass is 570 g/mol. The number of methoxy groups -OCH3 is 2. The highest BCUT2D eigenvalue weighted by Crippen LogP contribution is 2.27. The van der Waals surface area contributed by atoms with E-state index >= 15 is 0 Å². The van der Waals surface area contributed by atoms with Crippen molar-refractivity contribution in [3.8, 4) is 11.5 Å². The van der Waals surface area contributed by atoms with Gasteiger partial charge in [0, 0.05) is 18.3 Å². The molecule has 0 fully saturated rings. The normalized spacial score (nSPS) is 10.8. The van der Waals surface area contributed by atoms with Crippen molar-refractivity contribution in [3.05, 3.63) is 83.2 Å². The van der Waals surface area contributed by atoms with E-state index in [4.69, 9.17) is 14.6 Å². The number of hydrogen-bond acceptors (Lipinski definition) is 9. The van der Waals surface area contributed by atoms with E-state index in [1.54, 1.807) is 30.3 Å². The molecule has 0 atom stereocenters. The Balaban J connectivity index is 1.54. The topological polar surface area (TPSA) is 190 Å². The second kappa shape index (κ2) is 13.2. The number of ether oxygens (including phenoxy) is 2. The third-order valence-corrected chi connectivity index (χ3v) is 6.81. The Morgan fingerprint density at radius 2 is 1.50 bits per heavy atom. The molecule has 2 aromatic carbocycles. The average molecular weight is 571 g/mol. The maximum atomic E-state index is 12.7. The van der Waals surface area contributed by atoms with Gasteiger partial charge in [-0.3, -0.25) is 24.2 Å². The zero-order chi connectivity index (χ0) is 29.3. The van der Waals surface area contributed by atoms with Gasteiger partial charge in [0.05, 0.1) is 24.7 Å². The van der Waals surface area contributed by atoms with E-state index in [-0.39, 0.29) is 28.6 Å². The molecule has 0 aliphatic rings. The van der Waals surface area contributed by atoms with Crippen molar-refractivity contribution in [3.63, 3.8) is 0 Å². The third-order valence-electron chi connectivity index (χ3n) is 5.46. The Kier molecular flexibility index (Phi) is 9.76. The lowest BCUT2D eigenvalue weighted by Crippen LogP contribution is -2.31. The van der Waals surface area contributed by atoms with E-state index in [1.165, 1.54) is 32.4 Å². The standard InChI is InChI=1S/C26H26N4O9S/c1-38-21-10-6-17(13-22(21)39-2)24(33)27-12-11-16-3-7-19(8-4-16)40(36,37)30-25(34)18-5-9-20(28-14-18)26(35)29-15-23(31)32/h3-10,13-14H,11-12,15H2,1-2H3,(H,27,33)(H,29,35)(H,30,34)(H,31,32). The quantitative estimate of drug-likeness (QED) is 0.244. The molecule has 1 heterocycles. The number of nitrogens with one attached hydrogen (secondary N) is 3. The molecule has 1 aromatic heterocycles. The summed E-state index contributed by atoms with van der Waals surface area (Å²) in [5, 5.41) is 13.5. The van der Waals surface area contributed by atoms with Crippen molar-refractivity contribution in [2.24, 2.45) is 0 Å². The van der Waals surface area contributed by atoms with Crippen LogP contribution in [-0.2, 0) is 21.2 Å². The molecule has 40 heavy (non-hydrogen) atoms. The molecule has 0 saturated heterocycles. The molecule has 0 spiro atoms. The van der Waals surface area contributed by atoms with Crippen LogP contribution in [0.25, 0.3) is 0 Å². The highest BCUT2D eigenvalue weighted by atomic mass is 32.2. The van der Waals surface area contributed by atoms with Crippen molar-refractivity contribution in [2.45, 2.75) is 11.3 Å². The van der Waals surface area contributed by atoms with E-state index in [9.17, 15) is 27.6 Å². The largest absolute Gasteiger partial charge is 0.493 e. The summed E-state index contributed by atoms with van der Waals surface area (Å²) in [5.41, 5.74) is 0.872. The fourth-order valence-electron chi connectivity index (χ4n) is 3.38. The molecule has 0 radical (unpaired) electrons. The van der Waals surface area contributed by atoms with Gasteiger partial charge in [0.25, 0.3) is 27.7 Å². The number of pyridine rings is 1. The number of aliphatic carboxylic acids is 1. The molecule has 3 amide bonds. The van der Waals surface area contributed by atoms with Crippen LogP contribution in [0.3, 0.4) is 0 Å². The lowest BCUT2D eigenvalue weighted by atomic mass is 10.1. The second-order valence-electron chi connectivity index (χ2n) is 8.16. The second-order valence-corrected chi connectivity index (χ2v) is 9.85. The summed E-state index contributed by atoms with van der Waals surface area (Å²) in [6.45, 7) is -0.318. The summed E-state index contributed by atoms with van der Waals surface area (Å²) in [4.78, 5) is 50.8. The number of carbonyl (C=O) groups excluding carboxylic acids is 3. The SMILES string of the molecule is COc1ccc(C(=O)NCCc2ccc(S(=O)(=O)NC(=O)c3ccc(C(=O)NCC(=O)O)nc3)cc2)cc1OC. The molecule has 4 N–H and O–H groups in total. The highest BCUT2D eigenvalue weighted by molar-refractivity contribution is 7.90. The van der Waals surface area contributed by atoms with Crippen LogP contribution in [0.5, 0.6) is 11.5 Å². The summed E-state index contributed by atoms with van der Waals surface area (Å²) >= 11 is 0. The van der Waals surface area contributed by atoms with Gasteiger partial charge in [0.15, 0.2) is 11.5 Å². The van der Waals surface area contributed by atoms with Crippen LogP contribution in [0.1, 0.15) is 36.8 Å². The minimum atomic E-state index is -4.22. The Bertz CT molecular complexity index is 1510. The van der Waals surface area contributed by atoms with Gasteiger partial charge < -0.3 is 25.2 Å². The van der Waals surface area contributed by atoms with Crippen molar-refractivity contribution >= 4 is 33.7 Å². The lowest BCUT2D eigenvalue weighted by molar-refractivity contribution is -0.135. The lowest BCUT2D eigenvalue weighted by Gasteiger charge is -2.10. The molecule has 0 aliphatic heterocycles. The number of benzene rings is 2. The van der Waals surface area contributed by atoms with Gasteiger partial charge >= 0.3 is 5.97 Å². The maximum Gasteiger partial charge on any atom is 0.322 e. The average Bonchev–Trinajstić information content (AvgIpc) is 2.95. The number of aromatic nitrogens is 1. The minimum Gasteiger partial charge on any atom is -0.493 e. The first-order chi connectivity index (χ1) is 19.0. The summed E-state index contributed by atoms with van der Waals surface area (Å²) < 4.78 is 37.6. The molecule has 3 aromatic rings. The number of rotatable bonds is 12. The predicted octanol–water partition coefficient (Wildman–Crippen LogP) is 1.00. The number of carbonyl (C=O) groups is 4. The van der Waals surface area contributed by atoms with Crippen LogP contribution >= 0.6 is 0 Å². The van der Waals surface area contributed by atoms with E-state index in [0.29, 0.717) is 23.5 Å². The number of carboxylic acids is 1. The van der Waals surface area contributed by atoms with Crippen molar-refractivity contribution in [1.29, 1.82) is 0 Å². The number of nitrogens with zero attached hydrogens (tertiary/aromatic N) is 1. The molecule has 210 valence electrons. The molecule has 0 saturated carbocycles. The highest BCUT2D eigenvalue weighted by Gasteiger charge is 2.20. The van der Waals surface area contributed by atoms with Gasteiger partial charge in [-0.2, -0.15) is 0 Å². The van der Waals surface area contributed by atoms with Gasteiger partial charge in [0.2, 0.25) is 0 Å². The van der Waals surface area contributed by atoms with Crippen LogP contribution in [0, 0.1) is 0 Å². The Morgan fingerprint density at radius 3 is 2.10 bits per heavy atom. The smallest absolute Gasteiger partial charge is 0.322 e. The molecular formula is C26H26N4O9S. The summed E-state index contributed by atoms with van der Waals surface area (Å²) in [5.74, 6) is -2.35. The molecule has 13 nitrogen and oxygen atoms in total. The molecular weight excluding hydrogens is 544 g/mol. The number of hydrogen-bond donors (Lipinski definition) is 4. The van der Waals surface area contributed by atoms with E-state index in [2.05, 4.69) is 15.6 Å². The van der Waals surface area contributed by atoms with E-state index in [1.807, 2.05) is 4.72 Å². The number of sulfonamides is 1. The minimum absolute atomic E-state index is 0.125. The van der Waals surface area contributed by atoms with Crippen LogP contribution in [0.4, 0.5) is 0 Å². The van der Waals surface area contributed by atoms with Gasteiger partial charge in [0.1, 0.15) is 12.2 Å². The van der Waals surface area contributed by atoms with Crippen LogP contribution in [0.15, 0.2) is 65.7 Å². The van der Waals surface area contributed by atoms with Crippen molar-refractivity contribution in [2.75, 3.05) is 27.3 Å². The van der Waals surface area contributed by atoms with Gasteiger partial charge in [-0.25, -0.2) is 13.1 Å². The zero-order valence-corrected chi connectivity index (χ0v) is 22.3. The zero-order valence-electron chi connectivity index (χ0n) is 21.5. The van der Waals surface area contributed by atoms with Crippen LogP contribution in [0.2, 0.25) is 0 Å². The van der Waals surface area contributed by atoms with Crippen LogP contribution in [-0.4, -0.2) is 69.5 Å². The first-order valence-electron chi connectivity index (χ1n) is 11.7. The maximum absolute atomic E-state index is 12.7. The molecule has 14 heteroatoms. The molecule has 0 bridgehead atoms. The van der Waals surface area contributed by atoms with Crippen molar-refractivity contribution < 1.29 is 42.2 Å². The first kappa shape index (κ1) is 29.6. The fourth-order valence-corrected chi connectivity index (χ4v) is 4.36. The Morgan fingerprint density at radius 1 is 0.825 bits per heavy atom. The number of amides is 3. The molecule has 0 unspecified atom stereocenters. The summed E-state index contributed by atoms with van der Waals surface area (Å²) in [7, 11) is -1.25. The van der Waals surface area contributed by atoms with Gasteiger partial charge in [-0.15, -0.1) is 0 Å². The molecule has 3 rings (SSSR count). The Hall–Kier alpha value is -4.98. The first-order valence-corrected chi connectivity index (χ1v) is 13.1. The van der Waals surface area contributed by atoms with Crippen molar-refractivity contribution in [1.82, 2.24) is 20.3 Å². The summed E-state index contributed by atoms with van der Waals surface area (Å²) in [6.07, 6.45) is 1.42. The number of carboxylic acid groups (broad SMARTS) is 1. The third kappa shape index (κ3) is 7.77. The Labute approximate surface area is 229 Å². The summed E-state index contributed by atoms with van der Waals surface area (Å²) in [6, 6.07) is 12.9. The van der Waals surface area contributed by atoms with E-state index in [0.717, 1.165) is 17.8 Å². The molecule has 0 aliphatic carbocycles. The fraction of sp³-hybridized carbons (Fsp3) is 0.192. The predicted molar refractivity (Wildman–Crippen MR) is 141 cm³/mol.